The molecule has 0 saturated carbocycles. The van der Waals surface area contributed by atoms with Gasteiger partial charge in [-0.2, -0.15) is 0 Å². The Bertz CT molecular complexity index is 1200. The van der Waals surface area contributed by atoms with Crippen molar-refractivity contribution in [3.05, 3.63) is 83.5 Å². The van der Waals surface area contributed by atoms with Crippen molar-refractivity contribution in [3.8, 4) is 0 Å². The van der Waals surface area contributed by atoms with Gasteiger partial charge in [-0.3, -0.25) is 19.2 Å². The van der Waals surface area contributed by atoms with E-state index in [-0.39, 0.29) is 35.3 Å². The molecule has 1 saturated heterocycles. The largest absolute Gasteiger partial charge is 0.435 e. The molecule has 3 N–H and O–H groups in total. The maximum absolute atomic E-state index is 12.8. The molecule has 214 valence electrons. The number of carbonyl (C=O) groups is 4. The van der Waals surface area contributed by atoms with Crippen molar-refractivity contribution in [3.63, 3.8) is 0 Å². The van der Waals surface area contributed by atoms with E-state index in [9.17, 15) is 24.3 Å². The summed E-state index contributed by atoms with van der Waals surface area (Å²) < 4.78 is 10.4. The van der Waals surface area contributed by atoms with Crippen LogP contribution >= 0.6 is 0 Å². The maximum atomic E-state index is 12.8. The second kappa shape index (κ2) is 15.6. The summed E-state index contributed by atoms with van der Waals surface area (Å²) in [6.07, 6.45) is 11.0. The van der Waals surface area contributed by atoms with Crippen molar-refractivity contribution in [2.24, 2.45) is 5.41 Å². The number of hydrogen-bond donors (Lipinski definition) is 3. The Hall–Kier alpha value is -3.95. The van der Waals surface area contributed by atoms with Gasteiger partial charge in [0.2, 0.25) is 23.8 Å². The van der Waals surface area contributed by atoms with Crippen molar-refractivity contribution < 1.29 is 33.8 Å². The summed E-state index contributed by atoms with van der Waals surface area (Å²) in [5, 5.41) is 21.0. The minimum Gasteiger partial charge on any atom is -0.435 e. The molecule has 1 fully saturated rings. The Labute approximate surface area is 235 Å². The number of Topliss-reactive ketones (excluding diaryl/α,β-unsaturated/α-hetero) is 2. The Morgan fingerprint density at radius 3 is 2.38 bits per heavy atom. The molecule has 0 bridgehead atoms. The standard InChI is InChI=1S/C31H38N2O7/c1-5-10-22(11-7-6-8-13-26(34)33-20-24-12-9-18-39-24)28(36)29(37)23-16-14-21(15-17-23)25(32)19-27(35)40-30(38)31(2,3)4/h5-8,10-11,13-17,24,27,32,35H,9,12,18-20H2,1-4H3,(H,33,34)/b7-6+,10-5-,13-8+,22-11+,32-25?. The van der Waals surface area contributed by atoms with Crippen LogP contribution in [0.25, 0.3) is 0 Å². The van der Waals surface area contributed by atoms with Gasteiger partial charge in [-0.15, -0.1) is 0 Å². The Morgan fingerprint density at radius 1 is 1.10 bits per heavy atom. The van der Waals surface area contributed by atoms with E-state index in [1.54, 1.807) is 45.9 Å². The zero-order valence-electron chi connectivity index (χ0n) is 23.4. The monoisotopic (exact) mass is 550 g/mol. The van der Waals surface area contributed by atoms with Crippen molar-refractivity contribution in [1.82, 2.24) is 5.32 Å². The van der Waals surface area contributed by atoms with Gasteiger partial charge in [-0.25, -0.2) is 0 Å². The van der Waals surface area contributed by atoms with Gasteiger partial charge in [-0.05, 0) is 46.1 Å². The zero-order valence-corrected chi connectivity index (χ0v) is 23.4. The number of carbonyl (C=O) groups excluding carboxylic acids is 4. The topological polar surface area (TPSA) is 143 Å². The van der Waals surface area contributed by atoms with Gasteiger partial charge >= 0.3 is 5.97 Å². The molecule has 2 atom stereocenters. The lowest BCUT2D eigenvalue weighted by atomic mass is 9.97. The number of ether oxygens (including phenoxy) is 2. The van der Waals surface area contributed by atoms with Crippen molar-refractivity contribution >= 4 is 29.2 Å². The lowest BCUT2D eigenvalue weighted by Gasteiger charge is -2.20. The average molecular weight is 551 g/mol. The Morgan fingerprint density at radius 2 is 1.77 bits per heavy atom. The Balaban J connectivity index is 1.96. The number of esters is 1. The van der Waals surface area contributed by atoms with E-state index in [0.717, 1.165) is 19.4 Å². The smallest absolute Gasteiger partial charge is 0.313 e. The third-order valence-corrected chi connectivity index (χ3v) is 5.82. The number of rotatable bonds is 13. The van der Waals surface area contributed by atoms with Crippen LogP contribution in [-0.4, -0.2) is 59.8 Å². The molecule has 1 aromatic carbocycles. The minimum atomic E-state index is -1.47. The molecule has 9 heteroatoms. The lowest BCUT2D eigenvalue weighted by molar-refractivity contribution is -0.176. The summed E-state index contributed by atoms with van der Waals surface area (Å²) in [7, 11) is 0. The fourth-order valence-corrected chi connectivity index (χ4v) is 3.55. The number of allylic oxidation sites excluding steroid dienone is 7. The first-order valence-corrected chi connectivity index (χ1v) is 13.2. The fraction of sp³-hybridized carbons (Fsp3) is 0.387. The van der Waals surface area contributed by atoms with E-state index in [1.807, 2.05) is 0 Å². The van der Waals surface area contributed by atoms with Crippen LogP contribution in [-0.2, 0) is 23.9 Å². The van der Waals surface area contributed by atoms with E-state index in [4.69, 9.17) is 14.9 Å². The quantitative estimate of drug-likeness (QED) is 0.0640. The van der Waals surface area contributed by atoms with Crippen LogP contribution < -0.4 is 5.32 Å². The SMILES string of the molecule is C\C=C/C(=C\C=C\C=C\C(=O)NCC1CCCO1)C(=O)C(=O)c1ccc(C(=N)CC(O)OC(=O)C(C)(C)C)cc1. The van der Waals surface area contributed by atoms with E-state index in [1.165, 1.54) is 48.6 Å². The minimum absolute atomic E-state index is 0.00720. The number of ketones is 2. The molecular formula is C31H38N2O7. The molecule has 0 radical (unpaired) electrons. The fourth-order valence-electron chi connectivity index (χ4n) is 3.55. The summed E-state index contributed by atoms with van der Waals surface area (Å²) in [5.41, 5.74) is -0.0591. The molecule has 0 aliphatic carbocycles. The summed E-state index contributed by atoms with van der Waals surface area (Å²) in [5.74, 6) is -2.27. The summed E-state index contributed by atoms with van der Waals surface area (Å²) in [6, 6.07) is 5.85. The van der Waals surface area contributed by atoms with E-state index < -0.39 is 29.2 Å². The first-order valence-electron chi connectivity index (χ1n) is 13.2. The van der Waals surface area contributed by atoms with Crippen LogP contribution in [0.3, 0.4) is 0 Å². The zero-order chi connectivity index (χ0) is 29.7. The van der Waals surface area contributed by atoms with Crippen molar-refractivity contribution in [2.45, 2.75) is 59.4 Å². The Kier molecular flexibility index (Phi) is 12.6. The third-order valence-electron chi connectivity index (χ3n) is 5.82. The first kappa shape index (κ1) is 32.3. The van der Waals surface area contributed by atoms with E-state index in [2.05, 4.69) is 5.32 Å². The molecule has 2 unspecified atom stereocenters. The van der Waals surface area contributed by atoms with Crippen LogP contribution in [0.15, 0.2) is 72.4 Å². The number of amides is 1. The van der Waals surface area contributed by atoms with Crippen molar-refractivity contribution in [2.75, 3.05) is 13.2 Å². The van der Waals surface area contributed by atoms with Crippen LogP contribution in [0.5, 0.6) is 0 Å². The second-order valence-electron chi connectivity index (χ2n) is 10.3. The molecule has 9 nitrogen and oxygen atoms in total. The van der Waals surface area contributed by atoms with Gasteiger partial charge < -0.3 is 25.3 Å². The molecule has 1 heterocycles. The predicted octanol–water partition coefficient (Wildman–Crippen LogP) is 4.01. The molecule has 1 aliphatic rings. The van der Waals surface area contributed by atoms with E-state index in [0.29, 0.717) is 12.1 Å². The highest BCUT2D eigenvalue weighted by Crippen LogP contribution is 2.18. The average Bonchev–Trinajstić information content (AvgIpc) is 3.43. The summed E-state index contributed by atoms with van der Waals surface area (Å²) in [4.78, 5) is 49.5. The number of benzene rings is 1. The molecular weight excluding hydrogens is 512 g/mol. The number of aliphatic hydroxyl groups excluding tert-OH is 1. The summed E-state index contributed by atoms with van der Waals surface area (Å²) in [6.45, 7) is 7.88. The molecule has 2 rings (SSSR count). The second-order valence-corrected chi connectivity index (χ2v) is 10.3. The molecule has 1 aliphatic heterocycles. The number of hydrogen-bond acceptors (Lipinski definition) is 8. The van der Waals surface area contributed by atoms with Crippen molar-refractivity contribution in [1.29, 1.82) is 5.41 Å². The third kappa shape index (κ3) is 10.7. The number of nitrogens with one attached hydrogen (secondary N) is 2. The molecule has 1 aromatic rings. The van der Waals surface area contributed by atoms with Gasteiger partial charge in [0.25, 0.3) is 0 Å². The normalized spacial score (nSPS) is 16.9. The molecule has 1 amide bonds. The van der Waals surface area contributed by atoms with E-state index >= 15 is 0 Å². The highest BCUT2D eigenvalue weighted by molar-refractivity contribution is 6.49. The summed E-state index contributed by atoms with van der Waals surface area (Å²) >= 11 is 0. The number of aliphatic hydroxyl groups is 1. The van der Waals surface area contributed by atoms with Crippen LogP contribution in [0.4, 0.5) is 0 Å². The van der Waals surface area contributed by atoms with Crippen LogP contribution in [0, 0.1) is 10.8 Å². The van der Waals surface area contributed by atoms with Gasteiger partial charge in [0.1, 0.15) is 0 Å². The van der Waals surface area contributed by atoms with Crippen LogP contribution in [0.2, 0.25) is 0 Å². The van der Waals surface area contributed by atoms with Crippen LogP contribution in [0.1, 0.15) is 62.9 Å². The molecule has 40 heavy (non-hydrogen) atoms. The molecule has 0 aromatic heterocycles. The lowest BCUT2D eigenvalue weighted by Crippen LogP contribution is -2.30. The van der Waals surface area contributed by atoms with Gasteiger partial charge in [-0.1, -0.05) is 60.7 Å². The van der Waals surface area contributed by atoms with Gasteiger partial charge in [0.15, 0.2) is 0 Å². The maximum Gasteiger partial charge on any atom is 0.313 e. The van der Waals surface area contributed by atoms with Gasteiger partial charge in [0.05, 0.1) is 17.9 Å². The first-order chi connectivity index (χ1) is 18.9. The predicted molar refractivity (Wildman–Crippen MR) is 152 cm³/mol. The molecule has 0 spiro atoms. The highest BCUT2D eigenvalue weighted by Gasteiger charge is 2.26. The van der Waals surface area contributed by atoms with Gasteiger partial charge in [0, 0.05) is 36.1 Å². The highest BCUT2D eigenvalue weighted by atomic mass is 16.6.